The maximum atomic E-state index is 13.5. The van der Waals surface area contributed by atoms with Crippen molar-refractivity contribution in [3.63, 3.8) is 0 Å². The van der Waals surface area contributed by atoms with E-state index >= 15 is 0 Å². The van der Waals surface area contributed by atoms with E-state index in [4.69, 9.17) is 20.9 Å². The third-order valence-corrected chi connectivity index (χ3v) is 6.97. The first kappa shape index (κ1) is 24.5. The highest BCUT2D eigenvalue weighted by Gasteiger charge is 2.22. The number of hydrogen-bond donors (Lipinski definition) is 0. The molecule has 176 valence electrons. The topological polar surface area (TPSA) is 65.7 Å². The number of nitrogens with zero attached hydrogens (tertiary/aromatic N) is 3. The molecule has 8 heteroatoms. The number of terminal acetylenes is 1. The Morgan fingerprint density at radius 3 is 2.68 bits per heavy atom. The highest BCUT2D eigenvalue weighted by atomic mass is 79.9. The van der Waals surface area contributed by atoms with Crippen LogP contribution in [-0.4, -0.2) is 29.1 Å². The van der Waals surface area contributed by atoms with Crippen LogP contribution in [0.15, 0.2) is 49.2 Å². The van der Waals surface area contributed by atoms with Crippen LogP contribution in [0.5, 0.6) is 11.5 Å². The van der Waals surface area contributed by atoms with Crippen LogP contribution in [0.2, 0.25) is 0 Å². The molecule has 0 N–H and O–H groups in total. The molecule has 0 radical (unpaired) electrons. The van der Waals surface area contributed by atoms with Crippen molar-refractivity contribution in [3.05, 3.63) is 61.0 Å². The van der Waals surface area contributed by atoms with Gasteiger partial charge < -0.3 is 9.47 Å². The molecule has 0 unspecified atom stereocenters. The number of halogens is 2. The summed E-state index contributed by atoms with van der Waals surface area (Å²) in [5.41, 5.74) is 1.25. The summed E-state index contributed by atoms with van der Waals surface area (Å²) in [6, 6.07) is 9.19. The second-order valence-electron chi connectivity index (χ2n) is 8.07. The second-order valence-corrected chi connectivity index (χ2v) is 9.84. The summed E-state index contributed by atoms with van der Waals surface area (Å²) >= 11 is 7.03. The molecular formula is C26H25Br2N3O3. The van der Waals surface area contributed by atoms with Crippen LogP contribution >= 0.6 is 31.9 Å². The van der Waals surface area contributed by atoms with Crippen molar-refractivity contribution in [2.75, 3.05) is 13.2 Å². The van der Waals surface area contributed by atoms with E-state index in [9.17, 15) is 4.79 Å². The number of rotatable bonds is 7. The van der Waals surface area contributed by atoms with E-state index in [0.717, 1.165) is 40.2 Å². The van der Waals surface area contributed by atoms with E-state index in [2.05, 4.69) is 42.9 Å². The molecule has 2 aromatic carbocycles. The van der Waals surface area contributed by atoms with E-state index in [1.165, 1.54) is 11.1 Å². The fourth-order valence-corrected chi connectivity index (χ4v) is 4.96. The molecule has 1 heterocycles. The molecule has 4 rings (SSSR count). The Morgan fingerprint density at radius 1 is 1.18 bits per heavy atom. The minimum Gasteiger partial charge on any atom is -0.490 e. The Hall–Kier alpha value is -2.63. The van der Waals surface area contributed by atoms with Gasteiger partial charge in [-0.25, -0.2) is 4.98 Å². The van der Waals surface area contributed by atoms with Gasteiger partial charge in [0.15, 0.2) is 11.5 Å². The van der Waals surface area contributed by atoms with E-state index < -0.39 is 0 Å². The molecule has 0 aliphatic heterocycles. The number of ether oxygens (including phenoxy) is 2. The molecule has 1 saturated carbocycles. The smallest absolute Gasteiger partial charge is 0.282 e. The minimum atomic E-state index is -0.182. The average Bonchev–Trinajstić information content (AvgIpc) is 2.85. The lowest BCUT2D eigenvalue weighted by Gasteiger charge is -2.22. The third-order valence-electron chi connectivity index (χ3n) is 5.79. The van der Waals surface area contributed by atoms with Gasteiger partial charge >= 0.3 is 0 Å². The van der Waals surface area contributed by atoms with Gasteiger partial charge in [-0.1, -0.05) is 41.1 Å². The lowest BCUT2D eigenvalue weighted by atomic mass is 9.88. The van der Waals surface area contributed by atoms with Gasteiger partial charge in [-0.2, -0.15) is 9.78 Å². The minimum absolute atomic E-state index is 0.137. The summed E-state index contributed by atoms with van der Waals surface area (Å²) in [7, 11) is 0. The van der Waals surface area contributed by atoms with E-state index in [1.807, 2.05) is 25.1 Å². The number of fused-ring (bicyclic) bond motifs is 1. The molecule has 34 heavy (non-hydrogen) atoms. The van der Waals surface area contributed by atoms with E-state index in [1.54, 1.807) is 18.3 Å². The Labute approximate surface area is 215 Å². The van der Waals surface area contributed by atoms with Crippen LogP contribution in [0.4, 0.5) is 0 Å². The Morgan fingerprint density at radius 2 is 1.94 bits per heavy atom. The van der Waals surface area contributed by atoms with Crippen molar-refractivity contribution in [2.45, 2.75) is 44.9 Å². The largest absolute Gasteiger partial charge is 0.490 e. The van der Waals surface area contributed by atoms with Gasteiger partial charge in [0, 0.05) is 20.4 Å². The summed E-state index contributed by atoms with van der Waals surface area (Å²) in [6.45, 7) is 2.51. The fourth-order valence-electron chi connectivity index (χ4n) is 4.17. The normalized spacial score (nSPS) is 14.4. The molecule has 6 nitrogen and oxygen atoms in total. The zero-order chi connectivity index (χ0) is 24.1. The highest BCUT2D eigenvalue weighted by Crippen LogP contribution is 2.34. The number of aromatic nitrogens is 2. The maximum Gasteiger partial charge on any atom is 0.282 e. The summed E-state index contributed by atoms with van der Waals surface area (Å²) in [6.07, 6.45) is 12.5. The summed E-state index contributed by atoms with van der Waals surface area (Å²) in [5, 5.41) is 5.15. The van der Waals surface area contributed by atoms with Crippen molar-refractivity contribution in [1.29, 1.82) is 0 Å². The molecule has 0 spiro atoms. The quantitative estimate of drug-likeness (QED) is 0.242. The molecule has 3 aromatic rings. The van der Waals surface area contributed by atoms with Crippen LogP contribution in [-0.2, 0) is 0 Å². The monoisotopic (exact) mass is 585 g/mol. The molecule has 1 aromatic heterocycles. The van der Waals surface area contributed by atoms with E-state index in [-0.39, 0.29) is 18.1 Å². The lowest BCUT2D eigenvalue weighted by Crippen LogP contribution is -2.25. The Balaban J connectivity index is 1.81. The predicted molar refractivity (Wildman–Crippen MR) is 142 cm³/mol. The molecular weight excluding hydrogens is 562 g/mol. The number of hydrogen-bond acceptors (Lipinski definition) is 5. The van der Waals surface area contributed by atoms with Crippen LogP contribution in [0.1, 0.15) is 56.3 Å². The molecule has 0 amide bonds. The van der Waals surface area contributed by atoms with Gasteiger partial charge in [0.05, 0.1) is 23.7 Å². The van der Waals surface area contributed by atoms with Crippen molar-refractivity contribution in [2.24, 2.45) is 5.10 Å². The van der Waals surface area contributed by atoms with Crippen molar-refractivity contribution in [1.82, 2.24) is 9.66 Å². The molecule has 1 aliphatic rings. The zero-order valence-electron chi connectivity index (χ0n) is 18.9. The molecule has 0 bridgehead atoms. The molecule has 0 saturated heterocycles. The van der Waals surface area contributed by atoms with Crippen LogP contribution in [0.3, 0.4) is 0 Å². The first-order valence-electron chi connectivity index (χ1n) is 11.3. The summed E-state index contributed by atoms with van der Waals surface area (Å²) in [4.78, 5) is 18.4. The zero-order valence-corrected chi connectivity index (χ0v) is 22.1. The second kappa shape index (κ2) is 11.2. The molecule has 1 aliphatic carbocycles. The van der Waals surface area contributed by atoms with Gasteiger partial charge in [0.25, 0.3) is 5.56 Å². The van der Waals surface area contributed by atoms with E-state index in [0.29, 0.717) is 34.8 Å². The van der Waals surface area contributed by atoms with Gasteiger partial charge in [-0.15, -0.1) is 6.42 Å². The Bertz CT molecular complexity index is 1320. The van der Waals surface area contributed by atoms with Crippen LogP contribution in [0.25, 0.3) is 10.9 Å². The first-order valence-corrected chi connectivity index (χ1v) is 12.9. The van der Waals surface area contributed by atoms with Gasteiger partial charge in [0.1, 0.15) is 12.4 Å². The fraction of sp³-hybridized carbons (Fsp3) is 0.346. The Kier molecular flexibility index (Phi) is 8.07. The predicted octanol–water partition coefficient (Wildman–Crippen LogP) is 6.26. The van der Waals surface area contributed by atoms with Gasteiger partial charge in [0.2, 0.25) is 0 Å². The summed E-state index contributed by atoms with van der Waals surface area (Å²) in [5.74, 6) is 4.48. The van der Waals surface area contributed by atoms with Crippen LogP contribution < -0.4 is 15.0 Å². The third kappa shape index (κ3) is 5.37. The lowest BCUT2D eigenvalue weighted by molar-refractivity contribution is 0.299. The van der Waals surface area contributed by atoms with Gasteiger partial charge in [-0.3, -0.25) is 4.79 Å². The van der Waals surface area contributed by atoms with Crippen LogP contribution in [0, 0.1) is 12.3 Å². The van der Waals surface area contributed by atoms with Gasteiger partial charge in [-0.05, 0) is 66.0 Å². The molecule has 0 atom stereocenters. The standard InChI is InChI=1S/C26H25Br2N3O3/c1-3-12-34-24-15-21(28)18(13-23(24)33-4-2)16-29-31-25(17-8-6-5-7-9-17)30-22-11-10-19(27)14-20(22)26(31)32/h1,10-11,13-17H,4-9,12H2,2H3. The maximum absolute atomic E-state index is 13.5. The van der Waals surface area contributed by atoms with Crippen molar-refractivity contribution < 1.29 is 9.47 Å². The number of benzene rings is 2. The van der Waals surface area contributed by atoms with Crippen molar-refractivity contribution in [3.8, 4) is 23.8 Å². The summed E-state index contributed by atoms with van der Waals surface area (Å²) < 4.78 is 14.4. The first-order chi connectivity index (χ1) is 16.5. The highest BCUT2D eigenvalue weighted by molar-refractivity contribution is 9.10. The van der Waals surface area contributed by atoms with Crippen molar-refractivity contribution >= 4 is 49.0 Å². The molecule has 1 fully saturated rings. The SMILES string of the molecule is C#CCOc1cc(Br)c(C=Nn2c(C3CCCCC3)nc3ccc(Br)cc3c2=O)cc1OCC. The average molecular weight is 587 g/mol.